The van der Waals surface area contributed by atoms with Crippen LogP contribution in [0.25, 0.3) is 5.57 Å². The minimum atomic E-state index is -0.201. The van der Waals surface area contributed by atoms with Gasteiger partial charge in [0.05, 0.1) is 0 Å². The zero-order chi connectivity index (χ0) is 13.7. The van der Waals surface area contributed by atoms with Crippen molar-refractivity contribution in [2.45, 2.75) is 13.3 Å². The van der Waals surface area contributed by atoms with Gasteiger partial charge in [-0.3, -0.25) is 0 Å². The molecule has 2 aromatic rings. The van der Waals surface area contributed by atoms with Crippen molar-refractivity contribution in [3.63, 3.8) is 0 Å². The van der Waals surface area contributed by atoms with Gasteiger partial charge in [0.1, 0.15) is 5.82 Å². The van der Waals surface area contributed by atoms with E-state index >= 15 is 0 Å². The lowest BCUT2D eigenvalue weighted by atomic mass is 9.96. The molecule has 0 N–H and O–H groups in total. The smallest absolute Gasteiger partial charge is 0.123 e. The van der Waals surface area contributed by atoms with E-state index in [0.717, 1.165) is 28.5 Å². The van der Waals surface area contributed by atoms with Crippen molar-refractivity contribution in [3.05, 3.63) is 77.1 Å². The number of hydrogen-bond donors (Lipinski definition) is 0. The van der Waals surface area contributed by atoms with Crippen LogP contribution in [0.15, 0.2) is 54.6 Å². The summed E-state index contributed by atoms with van der Waals surface area (Å²) in [5.41, 5.74) is 4.60. The first kappa shape index (κ1) is 14.0. The predicted octanol–water partition coefficient (Wildman–Crippen LogP) is 5.35. The Morgan fingerprint density at radius 3 is 2.05 bits per heavy atom. The largest absolute Gasteiger partial charge is 0.207 e. The molecule has 0 saturated carbocycles. The van der Waals surface area contributed by atoms with Gasteiger partial charge in [0.25, 0.3) is 0 Å². The van der Waals surface area contributed by atoms with Crippen LogP contribution in [0.5, 0.6) is 0 Å². The minimum absolute atomic E-state index is 0.201. The van der Waals surface area contributed by atoms with Crippen LogP contribution >= 0.6 is 15.9 Å². The number of alkyl halides is 1. The number of aryl methyl sites for hydroxylation is 1. The Bertz CT molecular complexity index is 505. The molecule has 0 aliphatic heterocycles. The van der Waals surface area contributed by atoms with Crippen molar-refractivity contribution in [2.75, 3.05) is 5.33 Å². The second-order valence-corrected chi connectivity index (χ2v) is 5.26. The first-order chi connectivity index (χ1) is 9.20. The average molecular weight is 319 g/mol. The lowest BCUT2D eigenvalue weighted by Crippen LogP contribution is -1.89. The number of allylic oxidation sites excluding steroid dienone is 1. The molecule has 0 atom stereocenters. The fourth-order valence-electron chi connectivity index (χ4n) is 1.96. The van der Waals surface area contributed by atoms with Gasteiger partial charge in [0, 0.05) is 5.33 Å². The summed E-state index contributed by atoms with van der Waals surface area (Å²) in [5, 5.41) is 0.920. The van der Waals surface area contributed by atoms with Gasteiger partial charge in [-0.25, -0.2) is 4.39 Å². The van der Waals surface area contributed by atoms with E-state index in [1.54, 1.807) is 0 Å². The predicted molar refractivity (Wildman–Crippen MR) is 83.1 cm³/mol. The van der Waals surface area contributed by atoms with Gasteiger partial charge in [-0.2, -0.15) is 0 Å². The fourth-order valence-corrected chi connectivity index (χ4v) is 2.19. The van der Waals surface area contributed by atoms with Crippen LogP contribution in [0.4, 0.5) is 4.39 Å². The van der Waals surface area contributed by atoms with Gasteiger partial charge in [0.2, 0.25) is 0 Å². The molecule has 0 nitrogen and oxygen atoms in total. The molecule has 0 heterocycles. The van der Waals surface area contributed by atoms with Gasteiger partial charge in [-0.05, 0) is 42.2 Å². The molecule has 0 aliphatic carbocycles. The highest BCUT2D eigenvalue weighted by molar-refractivity contribution is 9.09. The summed E-state index contributed by atoms with van der Waals surface area (Å²) >= 11 is 3.44. The van der Waals surface area contributed by atoms with E-state index in [0.29, 0.717) is 0 Å². The Kier molecular flexibility index (Phi) is 4.92. The van der Waals surface area contributed by atoms with Crippen molar-refractivity contribution in [1.82, 2.24) is 0 Å². The first-order valence-electron chi connectivity index (χ1n) is 6.30. The highest BCUT2D eigenvalue weighted by Crippen LogP contribution is 2.24. The molecule has 0 radical (unpaired) electrons. The average Bonchev–Trinajstić information content (AvgIpc) is 2.43. The van der Waals surface area contributed by atoms with E-state index < -0.39 is 0 Å². The Hall–Kier alpha value is -1.41. The molecule has 0 amide bonds. The van der Waals surface area contributed by atoms with Crippen molar-refractivity contribution in [3.8, 4) is 0 Å². The maximum Gasteiger partial charge on any atom is 0.123 e. The number of rotatable bonds is 4. The number of benzene rings is 2. The van der Waals surface area contributed by atoms with Gasteiger partial charge < -0.3 is 0 Å². The fraction of sp³-hybridized carbons (Fsp3) is 0.176. The molecular formula is C17H16BrF. The van der Waals surface area contributed by atoms with Crippen LogP contribution in [0, 0.1) is 12.7 Å². The van der Waals surface area contributed by atoms with E-state index in [9.17, 15) is 4.39 Å². The molecular weight excluding hydrogens is 303 g/mol. The van der Waals surface area contributed by atoms with E-state index in [1.807, 2.05) is 12.1 Å². The third-order valence-corrected chi connectivity index (χ3v) is 3.43. The molecule has 2 aromatic carbocycles. The second kappa shape index (κ2) is 6.67. The SMILES string of the molecule is Cc1ccc(/C(=C\CCBr)c2ccc(F)cc2)cc1. The second-order valence-electron chi connectivity index (χ2n) is 4.47. The Balaban J connectivity index is 2.41. The molecule has 2 heteroatoms. The highest BCUT2D eigenvalue weighted by atomic mass is 79.9. The topological polar surface area (TPSA) is 0 Å². The summed E-state index contributed by atoms with van der Waals surface area (Å²) in [6.45, 7) is 2.07. The van der Waals surface area contributed by atoms with Gasteiger partial charge >= 0.3 is 0 Å². The Morgan fingerprint density at radius 1 is 1.00 bits per heavy atom. The number of hydrogen-bond acceptors (Lipinski definition) is 0. The van der Waals surface area contributed by atoms with Crippen LogP contribution in [-0.4, -0.2) is 5.33 Å². The van der Waals surface area contributed by atoms with E-state index in [1.165, 1.54) is 17.7 Å². The molecule has 0 aromatic heterocycles. The summed E-state index contributed by atoms with van der Waals surface area (Å²) in [4.78, 5) is 0. The Morgan fingerprint density at radius 2 is 1.53 bits per heavy atom. The van der Waals surface area contributed by atoms with Gasteiger partial charge in [-0.15, -0.1) is 0 Å². The summed E-state index contributed by atoms with van der Waals surface area (Å²) in [6.07, 6.45) is 3.13. The van der Waals surface area contributed by atoms with E-state index in [4.69, 9.17) is 0 Å². The van der Waals surface area contributed by atoms with E-state index in [2.05, 4.69) is 53.2 Å². The molecule has 0 aliphatic rings. The van der Waals surface area contributed by atoms with Crippen LogP contribution in [0.2, 0.25) is 0 Å². The third-order valence-electron chi connectivity index (χ3n) is 2.98. The molecule has 0 unspecified atom stereocenters. The van der Waals surface area contributed by atoms with Crippen molar-refractivity contribution in [2.24, 2.45) is 0 Å². The quantitative estimate of drug-likeness (QED) is 0.666. The molecule has 98 valence electrons. The standard InChI is InChI=1S/C17H16BrF/c1-13-4-6-14(7-5-13)17(3-2-12-18)15-8-10-16(19)11-9-15/h3-11H,2,12H2,1H3/b17-3+. The van der Waals surface area contributed by atoms with Crippen LogP contribution < -0.4 is 0 Å². The van der Waals surface area contributed by atoms with Gasteiger partial charge in [-0.1, -0.05) is 64.0 Å². The molecule has 0 bridgehead atoms. The molecule has 0 saturated heterocycles. The van der Waals surface area contributed by atoms with Crippen molar-refractivity contribution >= 4 is 21.5 Å². The third kappa shape index (κ3) is 3.77. The zero-order valence-corrected chi connectivity index (χ0v) is 12.5. The summed E-state index contributed by atoms with van der Waals surface area (Å²) in [5.74, 6) is -0.201. The Labute approximate surface area is 122 Å². The van der Waals surface area contributed by atoms with E-state index in [-0.39, 0.29) is 5.82 Å². The monoisotopic (exact) mass is 318 g/mol. The molecule has 0 spiro atoms. The normalized spacial score (nSPS) is 11.6. The van der Waals surface area contributed by atoms with Crippen LogP contribution in [0.3, 0.4) is 0 Å². The highest BCUT2D eigenvalue weighted by Gasteiger charge is 2.05. The zero-order valence-electron chi connectivity index (χ0n) is 10.9. The molecule has 19 heavy (non-hydrogen) atoms. The van der Waals surface area contributed by atoms with Crippen LogP contribution in [-0.2, 0) is 0 Å². The summed E-state index contributed by atoms with van der Waals surface area (Å²) in [6, 6.07) is 15.1. The lowest BCUT2D eigenvalue weighted by molar-refractivity contribution is 0.627. The lowest BCUT2D eigenvalue weighted by Gasteiger charge is -2.09. The van der Waals surface area contributed by atoms with Gasteiger partial charge in [0.15, 0.2) is 0 Å². The van der Waals surface area contributed by atoms with Crippen molar-refractivity contribution < 1.29 is 4.39 Å². The number of halogens is 2. The maximum atomic E-state index is 13.0. The summed E-state index contributed by atoms with van der Waals surface area (Å²) < 4.78 is 13.0. The van der Waals surface area contributed by atoms with Crippen LogP contribution in [0.1, 0.15) is 23.1 Å². The first-order valence-corrected chi connectivity index (χ1v) is 7.42. The minimum Gasteiger partial charge on any atom is -0.207 e. The summed E-state index contributed by atoms with van der Waals surface area (Å²) in [7, 11) is 0. The molecule has 2 rings (SSSR count). The maximum absolute atomic E-state index is 13.0. The molecule has 0 fully saturated rings. The van der Waals surface area contributed by atoms with Crippen molar-refractivity contribution in [1.29, 1.82) is 0 Å².